The smallest absolute Gasteiger partial charge is 0.378 e. The van der Waals surface area contributed by atoms with Crippen LogP contribution in [0.1, 0.15) is 57.8 Å². The molecule has 1 fully saturated rings. The molecule has 1 aromatic carbocycles. The molecule has 4 atom stereocenters. The Labute approximate surface area is 276 Å². The van der Waals surface area contributed by atoms with E-state index in [4.69, 9.17) is 23.7 Å². The lowest BCUT2D eigenvalue weighted by molar-refractivity contribution is -0.143. The Balaban J connectivity index is 1.07. The number of hydrogen-bond acceptors (Lipinski definition) is 10. The monoisotopic (exact) mass is 678 g/mol. The summed E-state index contributed by atoms with van der Waals surface area (Å²) in [6, 6.07) is 12.8. The average molecular weight is 679 g/mol. The molecule has 0 amide bonds. The molecule has 0 spiro atoms. The van der Waals surface area contributed by atoms with Gasteiger partial charge in [0.2, 0.25) is 5.36 Å². The highest BCUT2D eigenvalue weighted by Gasteiger charge is 2.37. The zero-order chi connectivity index (χ0) is 33.1. The summed E-state index contributed by atoms with van der Waals surface area (Å²) in [4.78, 5) is 30.2. The number of Topliss-reactive ketones (excluding diaryl/α,β-unsaturated/α-hetero) is 1. The molecule has 4 rings (SSSR count). The molecule has 0 bridgehead atoms. The highest BCUT2D eigenvalue weighted by atomic mass is 32.1. The first-order valence-corrected chi connectivity index (χ1v) is 18.3. The molecular weight excluding hydrogens is 629 g/mol. The minimum absolute atomic E-state index is 0.117. The van der Waals surface area contributed by atoms with Gasteiger partial charge in [0.15, 0.2) is 6.29 Å². The van der Waals surface area contributed by atoms with E-state index >= 15 is 0 Å². The van der Waals surface area contributed by atoms with Gasteiger partial charge >= 0.3 is 7.82 Å². The van der Waals surface area contributed by atoms with Crippen molar-refractivity contribution in [1.29, 1.82) is 0 Å². The summed E-state index contributed by atoms with van der Waals surface area (Å²) in [5.74, 6) is 0.331. The number of anilines is 1. The van der Waals surface area contributed by atoms with E-state index in [1.54, 1.807) is 18.4 Å². The second-order valence-electron chi connectivity index (χ2n) is 11.9. The molecule has 254 valence electrons. The standard InChI is InChI=1S/C33H48N3O8PS/c1-35(2)24-14-16-27-31(20-24)46-32-21-25(15-17-28(32)34-27)36(3)18-11-13-26(37)12-9-7-6-8-10-19-42-33-22-29(40-4)30(44-33)23-43-45(38,39)41-5/h14-17,20-21,29-30,33H,6-13,18-19,22-23H2,1-5H3/p+1. The fourth-order valence-corrected chi connectivity index (χ4v) is 6.93. The molecule has 1 aromatic rings. The molecule has 3 aliphatic rings. The first kappa shape index (κ1) is 36.6. The summed E-state index contributed by atoms with van der Waals surface area (Å²) in [6.07, 6.45) is 6.27. The summed E-state index contributed by atoms with van der Waals surface area (Å²) in [7, 11) is 4.78. The van der Waals surface area contributed by atoms with Gasteiger partial charge in [-0.25, -0.2) is 14.1 Å². The van der Waals surface area contributed by atoms with Crippen LogP contribution in [0.5, 0.6) is 0 Å². The van der Waals surface area contributed by atoms with Crippen molar-refractivity contribution in [3.05, 3.63) is 41.8 Å². The summed E-state index contributed by atoms with van der Waals surface area (Å²) in [6.45, 7) is 1.26. The molecule has 46 heavy (non-hydrogen) atoms. The van der Waals surface area contributed by atoms with Crippen LogP contribution in [0.3, 0.4) is 0 Å². The van der Waals surface area contributed by atoms with Gasteiger partial charge < -0.3 is 24.0 Å². The second kappa shape index (κ2) is 17.8. The van der Waals surface area contributed by atoms with Crippen molar-refractivity contribution >= 4 is 40.8 Å². The lowest BCUT2D eigenvalue weighted by Crippen LogP contribution is -2.28. The van der Waals surface area contributed by atoms with Gasteiger partial charge in [0.05, 0.1) is 33.5 Å². The largest absolute Gasteiger partial charge is 0.472 e. The predicted octanol–water partition coefficient (Wildman–Crippen LogP) is 5.47. The third-order valence-electron chi connectivity index (χ3n) is 8.26. The van der Waals surface area contributed by atoms with Crippen LogP contribution in [-0.2, 0) is 32.6 Å². The van der Waals surface area contributed by atoms with Gasteiger partial charge in [0.25, 0.3) is 0 Å². The summed E-state index contributed by atoms with van der Waals surface area (Å²) in [5, 5.41) is 1.16. The quantitative estimate of drug-likeness (QED) is 0.0757. The number of ether oxygens (including phenoxy) is 3. The van der Waals surface area contributed by atoms with Crippen molar-refractivity contribution in [3.8, 4) is 10.6 Å². The van der Waals surface area contributed by atoms with Crippen molar-refractivity contribution in [2.75, 3.05) is 60.0 Å². The molecule has 1 aliphatic carbocycles. The SMILES string of the molecule is COC1CC(OCCCCCCCC(=O)CCCN(C)c2ccc3nc4ccc(=[N+](C)C)cc-4sc3c2)OC1COP(=O)(O)OC. The highest BCUT2D eigenvalue weighted by Crippen LogP contribution is 2.43. The van der Waals surface area contributed by atoms with Crippen LogP contribution >= 0.6 is 19.2 Å². The number of nitrogens with zero attached hydrogens (tertiary/aromatic N) is 3. The van der Waals surface area contributed by atoms with Gasteiger partial charge in [-0.3, -0.25) is 13.8 Å². The predicted molar refractivity (Wildman–Crippen MR) is 181 cm³/mol. The zero-order valence-corrected chi connectivity index (χ0v) is 29.4. The van der Waals surface area contributed by atoms with E-state index < -0.39 is 20.2 Å². The molecule has 0 aromatic heterocycles. The molecule has 0 saturated carbocycles. The maximum atomic E-state index is 12.5. The maximum absolute atomic E-state index is 12.5. The van der Waals surface area contributed by atoms with Gasteiger partial charge in [-0.15, -0.1) is 11.3 Å². The molecule has 11 nitrogen and oxygen atoms in total. The normalized spacial score (nSPS) is 19.5. The van der Waals surface area contributed by atoms with Crippen LogP contribution in [0.2, 0.25) is 0 Å². The van der Waals surface area contributed by atoms with E-state index in [1.165, 1.54) is 4.88 Å². The van der Waals surface area contributed by atoms with Gasteiger partial charge in [0, 0.05) is 71.5 Å². The Bertz CT molecular complexity index is 1510. The summed E-state index contributed by atoms with van der Waals surface area (Å²) in [5.41, 5.74) is 3.15. The second-order valence-corrected chi connectivity index (χ2v) is 14.6. The molecule has 2 heterocycles. The molecule has 13 heteroatoms. The molecular formula is C33H49N3O8PS+. The van der Waals surface area contributed by atoms with Crippen molar-refractivity contribution in [1.82, 2.24) is 9.56 Å². The molecule has 2 aliphatic heterocycles. The number of hydrogen-bond donors (Lipinski definition) is 1. The topological polar surface area (TPSA) is 120 Å². The van der Waals surface area contributed by atoms with E-state index in [9.17, 15) is 14.3 Å². The number of aromatic nitrogens is 1. The Hall–Kier alpha value is -2.28. The number of benzene rings is 2. The number of phosphoric acid groups is 1. The maximum Gasteiger partial charge on any atom is 0.472 e. The zero-order valence-electron chi connectivity index (χ0n) is 27.7. The number of carbonyl (C=O) groups is 1. The summed E-state index contributed by atoms with van der Waals surface area (Å²) < 4.78 is 41.2. The van der Waals surface area contributed by atoms with Crippen molar-refractivity contribution in [2.24, 2.45) is 0 Å². The molecule has 0 radical (unpaired) electrons. The van der Waals surface area contributed by atoms with Crippen molar-refractivity contribution in [3.63, 3.8) is 0 Å². The molecule has 1 N–H and O–H groups in total. The van der Waals surface area contributed by atoms with Crippen LogP contribution in [0, 0.1) is 0 Å². The minimum atomic E-state index is -4.07. The number of fused-ring (bicyclic) bond motifs is 2. The van der Waals surface area contributed by atoms with Crippen molar-refractivity contribution < 1.29 is 37.5 Å². The Morgan fingerprint density at radius 1 is 1.09 bits per heavy atom. The lowest BCUT2D eigenvalue weighted by Gasteiger charge is -2.19. The average Bonchev–Trinajstić information content (AvgIpc) is 3.45. The lowest BCUT2D eigenvalue weighted by atomic mass is 10.1. The number of carbonyl (C=O) groups excluding carboxylic acids is 1. The number of rotatable bonds is 19. The van der Waals surface area contributed by atoms with Gasteiger partial charge in [-0.05, 0) is 43.5 Å². The van der Waals surface area contributed by atoms with Gasteiger partial charge in [-0.1, -0.05) is 19.3 Å². The van der Waals surface area contributed by atoms with Crippen LogP contribution < -0.4 is 14.8 Å². The van der Waals surface area contributed by atoms with E-state index in [0.717, 1.165) is 79.1 Å². The number of phosphoric ester groups is 1. The van der Waals surface area contributed by atoms with E-state index in [1.807, 2.05) is 14.1 Å². The van der Waals surface area contributed by atoms with E-state index in [2.05, 4.69) is 57.4 Å². The van der Waals surface area contributed by atoms with Crippen LogP contribution in [0.4, 0.5) is 5.69 Å². The van der Waals surface area contributed by atoms with E-state index in [0.29, 0.717) is 31.7 Å². The third-order valence-corrected chi connectivity index (χ3v) is 10.3. The first-order valence-electron chi connectivity index (χ1n) is 16.0. The Kier molecular flexibility index (Phi) is 14.1. The van der Waals surface area contributed by atoms with Gasteiger partial charge in [-0.2, -0.15) is 0 Å². The number of unbranched alkanes of at least 4 members (excludes halogenated alkanes) is 4. The fourth-order valence-electron chi connectivity index (χ4n) is 5.46. The fraction of sp³-hybridized carbons (Fsp3) is 0.606. The molecule has 1 saturated heterocycles. The van der Waals surface area contributed by atoms with Crippen molar-refractivity contribution in [2.45, 2.75) is 76.3 Å². The summed E-state index contributed by atoms with van der Waals surface area (Å²) >= 11 is 1.76. The number of methoxy groups -OCH3 is 1. The number of ketones is 1. The Morgan fingerprint density at radius 3 is 2.61 bits per heavy atom. The first-order chi connectivity index (χ1) is 22.1. The van der Waals surface area contributed by atoms with Gasteiger partial charge in [0.1, 0.15) is 26.0 Å². The van der Waals surface area contributed by atoms with E-state index in [-0.39, 0.29) is 12.7 Å². The minimum Gasteiger partial charge on any atom is -0.378 e. The Morgan fingerprint density at radius 2 is 1.85 bits per heavy atom. The highest BCUT2D eigenvalue weighted by molar-refractivity contribution is 7.47. The van der Waals surface area contributed by atoms with Crippen LogP contribution in [0.15, 0.2) is 36.4 Å². The third kappa shape index (κ3) is 10.9. The van der Waals surface area contributed by atoms with Crippen LogP contribution in [-0.4, -0.2) is 89.3 Å². The molecule has 4 unspecified atom stereocenters. The van der Waals surface area contributed by atoms with Crippen LogP contribution in [0.25, 0.3) is 20.8 Å².